The maximum Gasteiger partial charge on any atom is 0.416 e. The van der Waals surface area contributed by atoms with Gasteiger partial charge in [0, 0.05) is 11.0 Å². The van der Waals surface area contributed by atoms with Gasteiger partial charge in [-0.05, 0) is 35.9 Å². The quantitative estimate of drug-likeness (QED) is 0.854. The van der Waals surface area contributed by atoms with Crippen LogP contribution in [-0.2, 0) is 22.7 Å². The first-order chi connectivity index (χ1) is 10.2. The Kier molecular flexibility index (Phi) is 4.93. The van der Waals surface area contributed by atoms with Crippen molar-refractivity contribution >= 4 is 26.0 Å². The van der Waals surface area contributed by atoms with Crippen LogP contribution in [-0.4, -0.2) is 8.42 Å². The summed E-state index contributed by atoms with van der Waals surface area (Å²) in [6.07, 6.45) is -4.59. The summed E-state index contributed by atoms with van der Waals surface area (Å²) in [6.45, 7) is -0.0159. The minimum atomic E-state index is -4.59. The normalized spacial score (nSPS) is 12.4. The summed E-state index contributed by atoms with van der Waals surface area (Å²) in [7, 11) is -4.02. The van der Waals surface area contributed by atoms with Gasteiger partial charge in [-0.3, -0.25) is 0 Å². The molecule has 2 rings (SSSR count). The summed E-state index contributed by atoms with van der Waals surface area (Å²) in [4.78, 5) is -0.419. The Bertz CT molecular complexity index is 776. The predicted molar refractivity (Wildman–Crippen MR) is 79.6 cm³/mol. The van der Waals surface area contributed by atoms with Gasteiger partial charge in [0.1, 0.15) is 0 Å². The van der Waals surface area contributed by atoms with Gasteiger partial charge in [-0.15, -0.1) is 0 Å². The third kappa shape index (κ3) is 4.31. The maximum atomic E-state index is 12.6. The summed E-state index contributed by atoms with van der Waals surface area (Å²) in [5, 5.41) is 0. The zero-order valence-electron chi connectivity index (χ0n) is 11.1. The van der Waals surface area contributed by atoms with E-state index in [2.05, 4.69) is 20.7 Å². The van der Waals surface area contributed by atoms with E-state index in [0.29, 0.717) is 11.6 Å². The van der Waals surface area contributed by atoms with Crippen molar-refractivity contribution in [1.82, 2.24) is 4.72 Å². The molecule has 2 aromatic carbocycles. The number of hydrogen-bond donors (Lipinski definition) is 1. The molecular formula is C14H11BrF3NO2S. The summed E-state index contributed by atoms with van der Waals surface area (Å²) in [5.41, 5.74) is -0.317. The second-order valence-corrected chi connectivity index (χ2v) is 7.16. The van der Waals surface area contributed by atoms with E-state index in [1.807, 2.05) is 0 Å². The lowest BCUT2D eigenvalue weighted by Crippen LogP contribution is -2.23. The minimum Gasteiger partial charge on any atom is -0.207 e. The molecule has 22 heavy (non-hydrogen) atoms. The second kappa shape index (κ2) is 6.39. The Hall–Kier alpha value is -1.38. The molecule has 0 heterocycles. The lowest BCUT2D eigenvalue weighted by molar-refractivity contribution is -0.137. The highest BCUT2D eigenvalue weighted by Crippen LogP contribution is 2.30. The van der Waals surface area contributed by atoms with Crippen LogP contribution in [0.25, 0.3) is 0 Å². The molecule has 0 aliphatic carbocycles. The van der Waals surface area contributed by atoms with Crippen LogP contribution in [0.1, 0.15) is 11.1 Å². The first kappa shape index (κ1) is 17.0. The molecule has 0 amide bonds. The first-order valence-corrected chi connectivity index (χ1v) is 8.37. The molecule has 2 aromatic rings. The summed E-state index contributed by atoms with van der Waals surface area (Å²) in [5.74, 6) is 0. The van der Waals surface area contributed by atoms with E-state index < -0.39 is 26.7 Å². The number of alkyl halides is 3. The van der Waals surface area contributed by atoms with Crippen LogP contribution in [0, 0.1) is 0 Å². The van der Waals surface area contributed by atoms with Gasteiger partial charge < -0.3 is 0 Å². The Balaban J connectivity index is 2.20. The minimum absolute atomic E-state index is 0.0159. The van der Waals surface area contributed by atoms with Crippen molar-refractivity contribution in [2.75, 3.05) is 0 Å². The van der Waals surface area contributed by atoms with Crippen LogP contribution in [0.15, 0.2) is 57.9 Å². The number of benzene rings is 2. The van der Waals surface area contributed by atoms with Crippen molar-refractivity contribution in [1.29, 1.82) is 0 Å². The highest BCUT2D eigenvalue weighted by atomic mass is 79.9. The van der Waals surface area contributed by atoms with E-state index in [1.165, 1.54) is 0 Å². The third-order valence-corrected chi connectivity index (χ3v) is 4.72. The van der Waals surface area contributed by atoms with Crippen LogP contribution in [0.3, 0.4) is 0 Å². The molecule has 0 aliphatic heterocycles. The molecule has 0 saturated heterocycles. The summed E-state index contributed by atoms with van der Waals surface area (Å²) < 4.78 is 65.1. The molecule has 0 radical (unpaired) electrons. The van der Waals surface area contributed by atoms with Gasteiger partial charge >= 0.3 is 6.18 Å². The van der Waals surface area contributed by atoms with Crippen molar-refractivity contribution in [3.05, 3.63) is 64.1 Å². The van der Waals surface area contributed by atoms with E-state index in [0.717, 1.165) is 22.7 Å². The van der Waals surface area contributed by atoms with E-state index in [4.69, 9.17) is 0 Å². The number of nitrogens with one attached hydrogen (secondary N) is 1. The maximum absolute atomic E-state index is 12.6. The molecule has 3 nitrogen and oxygen atoms in total. The Morgan fingerprint density at radius 1 is 1.05 bits per heavy atom. The van der Waals surface area contributed by atoms with Crippen LogP contribution in [0.5, 0.6) is 0 Å². The molecule has 0 spiro atoms. The molecule has 8 heteroatoms. The fraction of sp³-hybridized carbons (Fsp3) is 0.143. The van der Waals surface area contributed by atoms with E-state index in [1.54, 1.807) is 24.3 Å². The van der Waals surface area contributed by atoms with Crippen LogP contribution >= 0.6 is 15.9 Å². The first-order valence-electron chi connectivity index (χ1n) is 6.10. The Labute approximate surface area is 134 Å². The van der Waals surface area contributed by atoms with Gasteiger partial charge in [0.25, 0.3) is 0 Å². The van der Waals surface area contributed by atoms with Gasteiger partial charge in [0.15, 0.2) is 0 Å². The molecule has 0 bridgehead atoms. The van der Waals surface area contributed by atoms with Crippen molar-refractivity contribution < 1.29 is 21.6 Å². The number of rotatable bonds is 4. The topological polar surface area (TPSA) is 46.2 Å². The molecule has 118 valence electrons. The third-order valence-electron chi connectivity index (χ3n) is 2.83. The van der Waals surface area contributed by atoms with Gasteiger partial charge in [-0.1, -0.05) is 34.1 Å². The number of hydrogen-bond acceptors (Lipinski definition) is 2. The fourth-order valence-corrected chi connectivity index (χ4v) is 3.26. The molecule has 0 saturated carbocycles. The molecule has 0 aromatic heterocycles. The lowest BCUT2D eigenvalue weighted by atomic mass is 10.2. The Morgan fingerprint density at radius 2 is 1.73 bits per heavy atom. The Morgan fingerprint density at radius 3 is 2.36 bits per heavy atom. The smallest absolute Gasteiger partial charge is 0.207 e. The van der Waals surface area contributed by atoms with Gasteiger partial charge in [-0.25, -0.2) is 13.1 Å². The molecule has 0 atom stereocenters. The number of halogens is 4. The van der Waals surface area contributed by atoms with E-state index in [9.17, 15) is 21.6 Å². The fourth-order valence-electron chi connectivity index (χ4n) is 1.75. The molecular weight excluding hydrogens is 383 g/mol. The average molecular weight is 394 g/mol. The van der Waals surface area contributed by atoms with E-state index >= 15 is 0 Å². The second-order valence-electron chi connectivity index (χ2n) is 4.48. The molecule has 1 N–H and O–H groups in total. The van der Waals surface area contributed by atoms with Crippen LogP contribution in [0.2, 0.25) is 0 Å². The van der Waals surface area contributed by atoms with Crippen molar-refractivity contribution in [2.24, 2.45) is 0 Å². The standard InChI is InChI=1S/C14H11BrF3NO2S/c15-12-5-1-3-10(7-12)9-19-22(20,21)13-6-2-4-11(8-13)14(16,17)18/h1-8,19H,9H2. The van der Waals surface area contributed by atoms with Gasteiger partial charge in [-0.2, -0.15) is 13.2 Å². The molecule has 0 fully saturated rings. The van der Waals surface area contributed by atoms with E-state index in [-0.39, 0.29) is 6.54 Å². The zero-order chi connectivity index (χ0) is 16.4. The molecule has 0 aliphatic rings. The number of sulfonamides is 1. The zero-order valence-corrected chi connectivity index (χ0v) is 13.5. The average Bonchev–Trinajstić information content (AvgIpc) is 2.45. The van der Waals surface area contributed by atoms with Crippen molar-refractivity contribution in [2.45, 2.75) is 17.6 Å². The van der Waals surface area contributed by atoms with Gasteiger partial charge in [0.05, 0.1) is 10.5 Å². The predicted octanol–water partition coefficient (Wildman–Crippen LogP) is 3.95. The van der Waals surface area contributed by atoms with Crippen molar-refractivity contribution in [3.63, 3.8) is 0 Å². The SMILES string of the molecule is O=S(=O)(NCc1cccc(Br)c1)c1cccc(C(F)(F)F)c1. The summed E-state index contributed by atoms with van der Waals surface area (Å²) in [6, 6.07) is 10.6. The summed E-state index contributed by atoms with van der Waals surface area (Å²) >= 11 is 3.26. The van der Waals surface area contributed by atoms with Gasteiger partial charge in [0.2, 0.25) is 10.0 Å². The van der Waals surface area contributed by atoms with Crippen LogP contribution in [0.4, 0.5) is 13.2 Å². The monoisotopic (exact) mass is 393 g/mol. The largest absolute Gasteiger partial charge is 0.416 e. The lowest BCUT2D eigenvalue weighted by Gasteiger charge is -2.10. The van der Waals surface area contributed by atoms with Crippen LogP contribution < -0.4 is 4.72 Å². The van der Waals surface area contributed by atoms with Crippen molar-refractivity contribution in [3.8, 4) is 0 Å². The molecule has 0 unspecified atom stereocenters. The highest BCUT2D eigenvalue weighted by molar-refractivity contribution is 9.10. The highest BCUT2D eigenvalue weighted by Gasteiger charge is 2.31.